The van der Waals surface area contributed by atoms with Crippen molar-refractivity contribution in [3.63, 3.8) is 0 Å². The van der Waals surface area contributed by atoms with Gasteiger partial charge < -0.3 is 4.74 Å². The van der Waals surface area contributed by atoms with Crippen molar-refractivity contribution in [3.05, 3.63) is 20.3 Å². The lowest BCUT2D eigenvalue weighted by Crippen LogP contribution is -2.24. The summed E-state index contributed by atoms with van der Waals surface area (Å²) in [5.74, 6) is 0.317. The number of rotatable bonds is 2. The molecule has 2 nitrogen and oxygen atoms in total. The van der Waals surface area contributed by atoms with Crippen molar-refractivity contribution < 1.29 is 9.53 Å². The Morgan fingerprint density at radius 2 is 2.47 bits per heavy atom. The van der Waals surface area contributed by atoms with Gasteiger partial charge in [0.25, 0.3) is 0 Å². The molecule has 2 heterocycles. The fourth-order valence-electron chi connectivity index (χ4n) is 1.73. The zero-order valence-corrected chi connectivity index (χ0v) is 11.0. The van der Waals surface area contributed by atoms with E-state index >= 15 is 0 Å². The third-order valence-corrected chi connectivity index (χ3v) is 4.78. The number of carbonyl (C=O) groups excluding carboxylic acids is 1. The predicted octanol–water partition coefficient (Wildman–Crippen LogP) is 3.43. The Hall–Kier alpha value is -0.190. The fourth-order valence-corrected chi connectivity index (χ4v) is 3.28. The van der Waals surface area contributed by atoms with Crippen molar-refractivity contribution in [1.82, 2.24) is 0 Å². The SMILES string of the molecule is Cc1cc(C(=O)C2CCCOC2)sc1Br. The molecule has 1 aromatic heterocycles. The molecule has 2 rings (SSSR count). The van der Waals surface area contributed by atoms with Crippen LogP contribution < -0.4 is 0 Å². The molecule has 15 heavy (non-hydrogen) atoms. The summed E-state index contributed by atoms with van der Waals surface area (Å²) in [6.45, 7) is 3.40. The van der Waals surface area contributed by atoms with Gasteiger partial charge in [0.15, 0.2) is 5.78 Å². The Morgan fingerprint density at radius 1 is 1.67 bits per heavy atom. The van der Waals surface area contributed by atoms with Crippen molar-refractivity contribution in [2.45, 2.75) is 19.8 Å². The maximum Gasteiger partial charge on any atom is 0.178 e. The molecule has 1 aliphatic heterocycles. The molecule has 1 saturated heterocycles. The second-order valence-electron chi connectivity index (χ2n) is 3.85. The van der Waals surface area contributed by atoms with Crippen LogP contribution in [0.4, 0.5) is 0 Å². The first-order valence-corrected chi connectivity index (χ1v) is 6.67. The van der Waals surface area contributed by atoms with E-state index in [9.17, 15) is 4.79 Å². The lowest BCUT2D eigenvalue weighted by Gasteiger charge is -2.19. The number of hydrogen-bond acceptors (Lipinski definition) is 3. The number of Topliss-reactive ketones (excluding diaryl/α,β-unsaturated/α-hetero) is 1. The molecular weight excluding hydrogens is 276 g/mol. The van der Waals surface area contributed by atoms with Gasteiger partial charge in [-0.2, -0.15) is 0 Å². The molecule has 4 heteroatoms. The maximum atomic E-state index is 12.1. The van der Waals surface area contributed by atoms with Gasteiger partial charge in [0.05, 0.1) is 15.3 Å². The molecule has 0 aromatic carbocycles. The first-order valence-electron chi connectivity index (χ1n) is 5.06. The number of halogens is 1. The monoisotopic (exact) mass is 288 g/mol. The summed E-state index contributed by atoms with van der Waals surface area (Å²) in [6.07, 6.45) is 1.97. The van der Waals surface area contributed by atoms with Crippen LogP contribution in [0.5, 0.6) is 0 Å². The van der Waals surface area contributed by atoms with E-state index in [0.29, 0.717) is 6.61 Å². The zero-order valence-electron chi connectivity index (χ0n) is 8.59. The second kappa shape index (κ2) is 4.76. The highest BCUT2D eigenvalue weighted by atomic mass is 79.9. The Balaban J connectivity index is 2.12. The molecular formula is C11H13BrO2S. The van der Waals surface area contributed by atoms with Gasteiger partial charge in [-0.3, -0.25) is 4.79 Å². The van der Waals surface area contributed by atoms with Gasteiger partial charge in [0.2, 0.25) is 0 Å². The number of carbonyl (C=O) groups is 1. The van der Waals surface area contributed by atoms with Gasteiger partial charge in [-0.15, -0.1) is 11.3 Å². The summed E-state index contributed by atoms with van der Waals surface area (Å²) in [6, 6.07) is 1.96. The first kappa shape index (κ1) is 11.3. The minimum Gasteiger partial charge on any atom is -0.381 e. The Labute approximate surface area is 102 Å². The van der Waals surface area contributed by atoms with E-state index in [1.54, 1.807) is 0 Å². The summed E-state index contributed by atoms with van der Waals surface area (Å²) in [7, 11) is 0. The van der Waals surface area contributed by atoms with Crippen molar-refractivity contribution in [1.29, 1.82) is 0 Å². The summed E-state index contributed by atoms with van der Waals surface area (Å²) in [5.41, 5.74) is 1.14. The van der Waals surface area contributed by atoms with E-state index in [4.69, 9.17) is 4.74 Å². The van der Waals surface area contributed by atoms with E-state index in [1.807, 2.05) is 13.0 Å². The summed E-state index contributed by atoms with van der Waals surface area (Å²) >= 11 is 4.97. The first-order chi connectivity index (χ1) is 7.18. The molecule has 1 fully saturated rings. The molecule has 1 aliphatic rings. The van der Waals surface area contributed by atoms with Gasteiger partial charge in [-0.05, 0) is 47.3 Å². The highest BCUT2D eigenvalue weighted by Gasteiger charge is 2.24. The van der Waals surface area contributed by atoms with Crippen LogP contribution in [0.15, 0.2) is 9.85 Å². The molecule has 0 N–H and O–H groups in total. The average molecular weight is 289 g/mol. The molecule has 1 unspecified atom stereocenters. The van der Waals surface area contributed by atoms with Gasteiger partial charge >= 0.3 is 0 Å². The van der Waals surface area contributed by atoms with E-state index < -0.39 is 0 Å². The van der Waals surface area contributed by atoms with Gasteiger partial charge in [0.1, 0.15) is 0 Å². The van der Waals surface area contributed by atoms with Crippen LogP contribution in [0, 0.1) is 12.8 Å². The minimum atomic E-state index is 0.0729. The van der Waals surface area contributed by atoms with Crippen molar-refractivity contribution in [3.8, 4) is 0 Å². The lowest BCUT2D eigenvalue weighted by atomic mass is 9.96. The van der Waals surface area contributed by atoms with Gasteiger partial charge in [-0.25, -0.2) is 0 Å². The topological polar surface area (TPSA) is 26.3 Å². The number of ether oxygens (including phenoxy) is 1. The fraction of sp³-hybridized carbons (Fsp3) is 0.545. The van der Waals surface area contributed by atoms with Crippen LogP contribution in [-0.4, -0.2) is 19.0 Å². The quantitative estimate of drug-likeness (QED) is 0.780. The van der Waals surface area contributed by atoms with Crippen LogP contribution in [0.25, 0.3) is 0 Å². The van der Waals surface area contributed by atoms with Crippen LogP contribution in [0.3, 0.4) is 0 Å². The van der Waals surface area contributed by atoms with E-state index in [2.05, 4.69) is 15.9 Å². The normalized spacial score (nSPS) is 21.6. The van der Waals surface area contributed by atoms with E-state index in [-0.39, 0.29) is 11.7 Å². The number of aryl methyl sites for hydroxylation is 1. The third-order valence-electron chi connectivity index (χ3n) is 2.63. The van der Waals surface area contributed by atoms with Crippen LogP contribution >= 0.6 is 27.3 Å². The van der Waals surface area contributed by atoms with Crippen LogP contribution in [-0.2, 0) is 4.74 Å². The number of ketones is 1. The van der Waals surface area contributed by atoms with Crippen molar-refractivity contribution in [2.24, 2.45) is 5.92 Å². The molecule has 0 spiro atoms. The van der Waals surface area contributed by atoms with E-state index in [0.717, 1.165) is 33.7 Å². The molecule has 82 valence electrons. The summed E-state index contributed by atoms with van der Waals surface area (Å²) < 4.78 is 6.39. The van der Waals surface area contributed by atoms with Crippen molar-refractivity contribution >= 4 is 33.0 Å². The van der Waals surface area contributed by atoms with Crippen molar-refractivity contribution in [2.75, 3.05) is 13.2 Å². The number of hydrogen-bond donors (Lipinski definition) is 0. The molecule has 0 bridgehead atoms. The highest BCUT2D eigenvalue weighted by Crippen LogP contribution is 2.30. The molecule has 0 radical (unpaired) electrons. The standard InChI is InChI=1S/C11H13BrO2S/c1-7-5-9(15-11(7)12)10(13)8-3-2-4-14-6-8/h5,8H,2-4,6H2,1H3. The van der Waals surface area contributed by atoms with Crippen LogP contribution in [0.1, 0.15) is 28.1 Å². The Bertz CT molecular complexity index is 347. The molecule has 1 aromatic rings. The predicted molar refractivity (Wildman–Crippen MR) is 64.6 cm³/mol. The largest absolute Gasteiger partial charge is 0.381 e. The zero-order chi connectivity index (χ0) is 10.8. The maximum absolute atomic E-state index is 12.1. The molecule has 0 aliphatic carbocycles. The van der Waals surface area contributed by atoms with Gasteiger partial charge in [0, 0.05) is 12.5 Å². The summed E-state index contributed by atoms with van der Waals surface area (Å²) in [5, 5.41) is 0. The second-order valence-corrected chi connectivity index (χ2v) is 6.22. The number of thiophene rings is 1. The van der Waals surface area contributed by atoms with Gasteiger partial charge in [-0.1, -0.05) is 0 Å². The summed E-state index contributed by atoms with van der Waals surface area (Å²) in [4.78, 5) is 12.9. The Kier molecular flexibility index (Phi) is 3.59. The van der Waals surface area contributed by atoms with Crippen LogP contribution in [0.2, 0.25) is 0 Å². The smallest absolute Gasteiger partial charge is 0.178 e. The molecule has 1 atom stereocenters. The van der Waals surface area contributed by atoms with E-state index in [1.165, 1.54) is 11.3 Å². The lowest BCUT2D eigenvalue weighted by molar-refractivity contribution is 0.0464. The molecule has 0 amide bonds. The minimum absolute atomic E-state index is 0.0729. The third kappa shape index (κ3) is 2.49. The Morgan fingerprint density at radius 3 is 3.00 bits per heavy atom. The average Bonchev–Trinajstić information content (AvgIpc) is 2.59. The molecule has 0 saturated carbocycles. The highest BCUT2D eigenvalue weighted by molar-refractivity contribution is 9.11.